The molecule has 2 atom stereocenters. The van der Waals surface area contributed by atoms with Crippen molar-refractivity contribution in [3.05, 3.63) is 70.5 Å². The molecule has 100 valence electrons. The van der Waals surface area contributed by atoms with Crippen molar-refractivity contribution in [2.24, 2.45) is 0 Å². The molecule has 2 aromatic rings. The summed E-state index contributed by atoms with van der Waals surface area (Å²) >= 11 is 5.81. The number of rotatable bonds is 4. The molecule has 0 fully saturated rings. The molecule has 0 aromatic heterocycles. The first-order valence-electron chi connectivity index (χ1n) is 6.34. The van der Waals surface area contributed by atoms with E-state index in [-0.39, 0.29) is 22.9 Å². The van der Waals surface area contributed by atoms with Gasteiger partial charge in [-0.3, -0.25) is 0 Å². The van der Waals surface area contributed by atoms with Crippen LogP contribution < -0.4 is 5.32 Å². The Kier molecular flexibility index (Phi) is 4.56. The standard InChI is InChI=1S/C16H17ClFN/c1-11(13-6-4-3-5-7-13)19-12(2)14-8-9-16(18)15(17)10-14/h3-12,19H,1-2H3/t11-,12?/m1/s1. The number of hydrogen-bond donors (Lipinski definition) is 1. The Labute approximate surface area is 118 Å². The first-order chi connectivity index (χ1) is 9.08. The molecule has 1 N–H and O–H groups in total. The first kappa shape index (κ1) is 14.0. The van der Waals surface area contributed by atoms with Crippen LogP contribution in [0, 0.1) is 5.82 Å². The molecule has 2 aromatic carbocycles. The van der Waals surface area contributed by atoms with Gasteiger partial charge in [0, 0.05) is 12.1 Å². The molecule has 1 nitrogen and oxygen atoms in total. The fraction of sp³-hybridized carbons (Fsp3) is 0.250. The molecule has 0 aliphatic carbocycles. The number of halogens is 2. The molecule has 0 aliphatic rings. The van der Waals surface area contributed by atoms with Gasteiger partial charge < -0.3 is 5.32 Å². The quantitative estimate of drug-likeness (QED) is 0.839. The fourth-order valence-electron chi connectivity index (χ4n) is 2.09. The van der Waals surface area contributed by atoms with Crippen molar-refractivity contribution in [3.8, 4) is 0 Å². The Morgan fingerprint density at radius 1 is 0.947 bits per heavy atom. The summed E-state index contributed by atoms with van der Waals surface area (Å²) in [5.41, 5.74) is 2.21. The van der Waals surface area contributed by atoms with Crippen molar-refractivity contribution in [3.63, 3.8) is 0 Å². The smallest absolute Gasteiger partial charge is 0.141 e. The molecule has 0 amide bonds. The van der Waals surface area contributed by atoms with Gasteiger partial charge >= 0.3 is 0 Å². The highest BCUT2D eigenvalue weighted by Crippen LogP contribution is 2.23. The number of hydrogen-bond acceptors (Lipinski definition) is 1. The molecule has 2 rings (SSSR count). The van der Waals surface area contributed by atoms with E-state index in [2.05, 4.69) is 24.4 Å². The van der Waals surface area contributed by atoms with Gasteiger partial charge in [0.2, 0.25) is 0 Å². The monoisotopic (exact) mass is 277 g/mol. The summed E-state index contributed by atoms with van der Waals surface area (Å²) in [7, 11) is 0. The normalized spacial score (nSPS) is 14.1. The van der Waals surface area contributed by atoms with E-state index < -0.39 is 0 Å². The third-order valence-corrected chi connectivity index (χ3v) is 3.53. The summed E-state index contributed by atoms with van der Waals surface area (Å²) in [6, 6.07) is 15.4. The average Bonchev–Trinajstić information content (AvgIpc) is 2.42. The van der Waals surface area contributed by atoms with E-state index in [0.717, 1.165) is 5.56 Å². The van der Waals surface area contributed by atoms with Crippen molar-refractivity contribution in [1.82, 2.24) is 5.32 Å². The molecular weight excluding hydrogens is 261 g/mol. The zero-order valence-electron chi connectivity index (χ0n) is 11.0. The Balaban J connectivity index is 2.08. The van der Waals surface area contributed by atoms with Gasteiger partial charge in [-0.2, -0.15) is 0 Å². The second kappa shape index (κ2) is 6.18. The zero-order valence-corrected chi connectivity index (χ0v) is 11.8. The Bertz CT molecular complexity index is 542. The van der Waals surface area contributed by atoms with E-state index >= 15 is 0 Å². The summed E-state index contributed by atoms with van der Waals surface area (Å²) < 4.78 is 13.1. The van der Waals surface area contributed by atoms with Crippen LogP contribution in [-0.4, -0.2) is 0 Å². The summed E-state index contributed by atoms with van der Waals surface area (Å²) in [6.07, 6.45) is 0. The Morgan fingerprint density at radius 3 is 2.21 bits per heavy atom. The van der Waals surface area contributed by atoms with Crippen molar-refractivity contribution in [2.75, 3.05) is 0 Å². The second-order valence-corrected chi connectivity index (χ2v) is 5.10. The van der Waals surface area contributed by atoms with Gasteiger partial charge in [-0.15, -0.1) is 0 Å². The third-order valence-electron chi connectivity index (χ3n) is 3.24. The average molecular weight is 278 g/mol. The van der Waals surface area contributed by atoms with Crippen LogP contribution in [-0.2, 0) is 0 Å². The molecule has 0 bridgehead atoms. The summed E-state index contributed by atoms with van der Waals surface area (Å²) in [4.78, 5) is 0. The predicted molar refractivity (Wildman–Crippen MR) is 77.8 cm³/mol. The van der Waals surface area contributed by atoms with Crippen LogP contribution in [0.2, 0.25) is 5.02 Å². The highest BCUT2D eigenvalue weighted by molar-refractivity contribution is 6.30. The maximum Gasteiger partial charge on any atom is 0.141 e. The van der Waals surface area contributed by atoms with Crippen LogP contribution >= 0.6 is 11.6 Å². The van der Waals surface area contributed by atoms with Crippen molar-refractivity contribution >= 4 is 11.6 Å². The molecule has 19 heavy (non-hydrogen) atoms. The molecule has 0 heterocycles. The maximum atomic E-state index is 13.1. The summed E-state index contributed by atoms with van der Waals surface area (Å²) in [5, 5.41) is 3.64. The lowest BCUT2D eigenvalue weighted by Gasteiger charge is -2.21. The minimum absolute atomic E-state index is 0.105. The van der Waals surface area contributed by atoms with E-state index in [1.807, 2.05) is 25.1 Å². The van der Waals surface area contributed by atoms with Crippen LogP contribution in [0.5, 0.6) is 0 Å². The van der Waals surface area contributed by atoms with Gasteiger partial charge in [0.25, 0.3) is 0 Å². The van der Waals surface area contributed by atoms with E-state index in [1.165, 1.54) is 11.6 Å². The largest absolute Gasteiger partial charge is 0.304 e. The van der Waals surface area contributed by atoms with E-state index in [9.17, 15) is 4.39 Å². The minimum Gasteiger partial charge on any atom is -0.304 e. The SMILES string of the molecule is CC(N[C@H](C)c1ccccc1)c1ccc(F)c(Cl)c1. The lowest BCUT2D eigenvalue weighted by atomic mass is 10.0. The highest BCUT2D eigenvalue weighted by Gasteiger charge is 2.12. The van der Waals surface area contributed by atoms with Crippen LogP contribution in [0.15, 0.2) is 48.5 Å². The van der Waals surface area contributed by atoms with E-state index in [4.69, 9.17) is 11.6 Å². The number of nitrogens with one attached hydrogen (secondary N) is 1. The maximum absolute atomic E-state index is 13.1. The number of benzene rings is 2. The van der Waals surface area contributed by atoms with Gasteiger partial charge in [-0.25, -0.2) is 4.39 Å². The van der Waals surface area contributed by atoms with Crippen molar-refractivity contribution in [2.45, 2.75) is 25.9 Å². The Morgan fingerprint density at radius 2 is 1.58 bits per heavy atom. The topological polar surface area (TPSA) is 12.0 Å². The summed E-state index contributed by atoms with van der Waals surface area (Å²) in [5.74, 6) is -0.381. The van der Waals surface area contributed by atoms with Crippen molar-refractivity contribution < 1.29 is 4.39 Å². The predicted octanol–water partition coefficient (Wildman–Crippen LogP) is 4.89. The molecule has 0 radical (unpaired) electrons. The van der Waals surface area contributed by atoms with Crippen molar-refractivity contribution in [1.29, 1.82) is 0 Å². The van der Waals surface area contributed by atoms with Crippen LogP contribution in [0.1, 0.15) is 37.1 Å². The third kappa shape index (κ3) is 3.55. The lowest BCUT2D eigenvalue weighted by molar-refractivity contribution is 0.494. The Hall–Kier alpha value is -1.38. The van der Waals surface area contributed by atoms with Gasteiger partial charge in [0.1, 0.15) is 5.82 Å². The molecule has 0 spiro atoms. The molecule has 0 saturated carbocycles. The van der Waals surface area contributed by atoms with Crippen LogP contribution in [0.3, 0.4) is 0 Å². The molecule has 0 aliphatic heterocycles. The summed E-state index contributed by atoms with van der Waals surface area (Å²) in [6.45, 7) is 4.15. The highest BCUT2D eigenvalue weighted by atomic mass is 35.5. The zero-order chi connectivity index (χ0) is 13.8. The molecule has 3 heteroatoms. The molecule has 0 saturated heterocycles. The van der Waals surface area contributed by atoms with E-state index in [0.29, 0.717) is 0 Å². The molecule has 1 unspecified atom stereocenters. The minimum atomic E-state index is -0.381. The van der Waals surface area contributed by atoms with Gasteiger partial charge in [0.05, 0.1) is 5.02 Å². The van der Waals surface area contributed by atoms with Crippen LogP contribution in [0.4, 0.5) is 4.39 Å². The van der Waals surface area contributed by atoms with Gasteiger partial charge in [0.15, 0.2) is 0 Å². The van der Waals surface area contributed by atoms with Gasteiger partial charge in [-0.1, -0.05) is 48.0 Å². The lowest BCUT2D eigenvalue weighted by Crippen LogP contribution is -2.22. The van der Waals surface area contributed by atoms with Crippen LogP contribution in [0.25, 0.3) is 0 Å². The van der Waals surface area contributed by atoms with Gasteiger partial charge in [-0.05, 0) is 37.1 Å². The molecular formula is C16H17ClFN. The fourth-order valence-corrected chi connectivity index (χ4v) is 2.28. The first-order valence-corrected chi connectivity index (χ1v) is 6.71. The second-order valence-electron chi connectivity index (χ2n) is 4.69. The van der Waals surface area contributed by atoms with E-state index in [1.54, 1.807) is 12.1 Å².